The molecule has 2 N–H and O–H groups in total. The molecule has 6 atom stereocenters. The molecule has 2 aliphatic carbocycles. The summed E-state index contributed by atoms with van der Waals surface area (Å²) >= 11 is 0. The number of hydrogen-bond acceptors (Lipinski definition) is 6. The summed E-state index contributed by atoms with van der Waals surface area (Å²) in [5.74, 6) is -3.19. The van der Waals surface area contributed by atoms with Crippen molar-refractivity contribution in [3.8, 4) is 0 Å². The number of aliphatic hydroxyl groups is 2. The summed E-state index contributed by atoms with van der Waals surface area (Å²) in [4.78, 5) is 23.8. The first-order chi connectivity index (χ1) is 11.2. The number of fused-ring (bicyclic) bond motifs is 3. The van der Waals surface area contributed by atoms with Crippen LogP contribution in [0.15, 0.2) is 48.8 Å². The van der Waals surface area contributed by atoms with E-state index in [-0.39, 0.29) is 23.8 Å². The second-order valence-electron chi connectivity index (χ2n) is 6.63. The fraction of sp³-hybridized carbons (Fsp3) is 0.444. The lowest BCUT2D eigenvalue weighted by Crippen LogP contribution is -2.36. The van der Waals surface area contributed by atoms with Crippen molar-refractivity contribution in [2.75, 3.05) is 0 Å². The zero-order chi connectivity index (χ0) is 17.8. The molecule has 1 aliphatic heterocycles. The van der Waals surface area contributed by atoms with Gasteiger partial charge in [0.1, 0.15) is 12.2 Å². The van der Waals surface area contributed by atoms with Gasteiger partial charge in [0.15, 0.2) is 5.76 Å². The van der Waals surface area contributed by atoms with Crippen molar-refractivity contribution in [2.24, 2.45) is 17.8 Å². The van der Waals surface area contributed by atoms with Gasteiger partial charge in [-0.3, -0.25) is 0 Å². The Morgan fingerprint density at radius 3 is 2.54 bits per heavy atom. The van der Waals surface area contributed by atoms with Crippen molar-refractivity contribution in [1.82, 2.24) is 0 Å². The van der Waals surface area contributed by atoms with Crippen LogP contribution in [0.2, 0.25) is 0 Å². The second-order valence-corrected chi connectivity index (χ2v) is 6.63. The van der Waals surface area contributed by atoms with Gasteiger partial charge in [-0.05, 0) is 24.5 Å². The van der Waals surface area contributed by atoms with E-state index < -0.39 is 41.9 Å². The minimum atomic E-state index is -0.954. The van der Waals surface area contributed by atoms with Crippen LogP contribution in [0, 0.1) is 17.8 Å². The van der Waals surface area contributed by atoms with Gasteiger partial charge in [0, 0.05) is 17.9 Å². The third kappa shape index (κ3) is 2.38. The largest absolute Gasteiger partial charge is 0.502 e. The molecule has 0 amide bonds. The molecule has 0 bridgehead atoms. The quantitative estimate of drug-likeness (QED) is 0.345. The van der Waals surface area contributed by atoms with Gasteiger partial charge in [0.2, 0.25) is 0 Å². The number of rotatable bonds is 2. The highest BCUT2D eigenvalue weighted by Crippen LogP contribution is 2.52. The van der Waals surface area contributed by atoms with Gasteiger partial charge >= 0.3 is 11.9 Å². The average Bonchev–Trinajstić information content (AvgIpc) is 2.92. The van der Waals surface area contributed by atoms with Crippen molar-refractivity contribution in [3.63, 3.8) is 0 Å². The van der Waals surface area contributed by atoms with Crippen LogP contribution in [-0.4, -0.2) is 40.5 Å². The van der Waals surface area contributed by atoms with Crippen molar-refractivity contribution in [2.45, 2.75) is 31.2 Å². The first-order valence-corrected chi connectivity index (χ1v) is 7.75. The molecular formula is C18H20O6. The van der Waals surface area contributed by atoms with Gasteiger partial charge in [-0.15, -0.1) is 0 Å². The SMILES string of the molecule is C=C(O)C(=O)OC1CC(=C)C2CC(O)C(=C)C2C2OC(=O)C(=C)C12. The maximum absolute atomic E-state index is 12.0. The van der Waals surface area contributed by atoms with Crippen LogP contribution in [0.3, 0.4) is 0 Å². The standard InChI is InChI=1S/C18H20O6/c1-7-5-13(23-18(22)10(4)19)15-9(3)17(21)24-16(15)14-8(2)12(20)6-11(7)14/h11-16,19-20H,1-6H2. The minimum Gasteiger partial charge on any atom is -0.502 e. The molecular weight excluding hydrogens is 312 g/mol. The lowest BCUT2D eigenvalue weighted by Gasteiger charge is -2.28. The minimum absolute atomic E-state index is 0.111. The topological polar surface area (TPSA) is 93.1 Å². The van der Waals surface area contributed by atoms with Gasteiger partial charge in [-0.25, -0.2) is 9.59 Å². The Hall–Kier alpha value is -2.34. The summed E-state index contributed by atoms with van der Waals surface area (Å²) in [5, 5.41) is 19.4. The third-order valence-electron chi connectivity index (χ3n) is 5.26. The van der Waals surface area contributed by atoms with E-state index in [9.17, 15) is 19.8 Å². The highest BCUT2D eigenvalue weighted by Gasteiger charge is 2.56. The van der Waals surface area contributed by atoms with Crippen LogP contribution in [-0.2, 0) is 19.1 Å². The van der Waals surface area contributed by atoms with Crippen LogP contribution < -0.4 is 0 Å². The van der Waals surface area contributed by atoms with E-state index in [0.29, 0.717) is 12.0 Å². The molecule has 0 aromatic rings. The van der Waals surface area contributed by atoms with Gasteiger partial charge in [0.05, 0.1) is 12.0 Å². The molecule has 6 heteroatoms. The first-order valence-electron chi connectivity index (χ1n) is 7.75. The highest BCUT2D eigenvalue weighted by atomic mass is 16.6. The molecule has 0 aromatic carbocycles. The fourth-order valence-electron chi connectivity index (χ4n) is 4.08. The molecule has 3 aliphatic rings. The van der Waals surface area contributed by atoms with Crippen LogP contribution in [0.25, 0.3) is 0 Å². The van der Waals surface area contributed by atoms with Gasteiger partial charge in [-0.2, -0.15) is 0 Å². The predicted octanol–water partition coefficient (Wildman–Crippen LogP) is 1.58. The lowest BCUT2D eigenvalue weighted by molar-refractivity contribution is -0.151. The number of aliphatic hydroxyl groups excluding tert-OH is 2. The number of carbonyl (C=O) groups excluding carboxylic acids is 2. The van der Waals surface area contributed by atoms with Crippen molar-refractivity contribution >= 4 is 11.9 Å². The monoisotopic (exact) mass is 332 g/mol. The van der Waals surface area contributed by atoms with Crippen LogP contribution in [0.1, 0.15) is 12.8 Å². The summed E-state index contributed by atoms with van der Waals surface area (Å²) in [6, 6.07) is 0. The maximum Gasteiger partial charge on any atom is 0.373 e. The van der Waals surface area contributed by atoms with E-state index in [1.54, 1.807) is 0 Å². The number of esters is 2. The Bertz CT molecular complexity index is 675. The molecule has 3 fully saturated rings. The molecule has 3 rings (SSSR count). The molecule has 0 radical (unpaired) electrons. The lowest BCUT2D eigenvalue weighted by atomic mass is 9.81. The van der Waals surface area contributed by atoms with E-state index in [2.05, 4.69) is 26.3 Å². The summed E-state index contributed by atoms with van der Waals surface area (Å²) in [5.41, 5.74) is 1.60. The molecule has 2 saturated carbocycles. The molecule has 1 heterocycles. The van der Waals surface area contributed by atoms with Crippen molar-refractivity contribution in [1.29, 1.82) is 0 Å². The molecule has 0 aromatic heterocycles. The van der Waals surface area contributed by atoms with Gasteiger partial charge < -0.3 is 19.7 Å². The Morgan fingerprint density at radius 1 is 1.25 bits per heavy atom. The first kappa shape index (κ1) is 16.5. The molecule has 0 spiro atoms. The van der Waals surface area contributed by atoms with Crippen molar-refractivity contribution < 1.29 is 29.3 Å². The zero-order valence-electron chi connectivity index (χ0n) is 13.2. The second kappa shape index (κ2) is 5.63. The van der Waals surface area contributed by atoms with Crippen molar-refractivity contribution in [3.05, 3.63) is 48.8 Å². The molecule has 1 saturated heterocycles. The number of hydrogen-bond donors (Lipinski definition) is 2. The Morgan fingerprint density at radius 2 is 1.92 bits per heavy atom. The van der Waals surface area contributed by atoms with E-state index in [1.165, 1.54) is 0 Å². The highest BCUT2D eigenvalue weighted by molar-refractivity contribution is 5.91. The summed E-state index contributed by atoms with van der Waals surface area (Å²) in [6.07, 6.45) is -1.31. The molecule has 6 nitrogen and oxygen atoms in total. The van der Waals surface area contributed by atoms with E-state index in [4.69, 9.17) is 9.47 Å². The summed E-state index contributed by atoms with van der Waals surface area (Å²) < 4.78 is 10.8. The van der Waals surface area contributed by atoms with Crippen LogP contribution in [0.4, 0.5) is 0 Å². The normalized spacial score (nSPS) is 38.2. The maximum atomic E-state index is 12.0. The smallest absolute Gasteiger partial charge is 0.373 e. The summed E-state index contributed by atoms with van der Waals surface area (Å²) in [6.45, 7) is 14.9. The Labute approximate surface area is 139 Å². The number of ether oxygens (including phenoxy) is 2. The third-order valence-corrected chi connectivity index (χ3v) is 5.26. The van der Waals surface area contributed by atoms with E-state index >= 15 is 0 Å². The Balaban J connectivity index is 2.00. The van der Waals surface area contributed by atoms with E-state index in [0.717, 1.165) is 5.57 Å². The average molecular weight is 332 g/mol. The summed E-state index contributed by atoms with van der Waals surface area (Å²) in [7, 11) is 0. The van der Waals surface area contributed by atoms with Crippen LogP contribution >= 0.6 is 0 Å². The predicted molar refractivity (Wildman–Crippen MR) is 84.7 cm³/mol. The number of carbonyl (C=O) groups is 2. The molecule has 6 unspecified atom stereocenters. The Kier molecular flexibility index (Phi) is 3.87. The van der Waals surface area contributed by atoms with Gasteiger partial charge in [0.25, 0.3) is 0 Å². The fourth-order valence-corrected chi connectivity index (χ4v) is 4.08. The van der Waals surface area contributed by atoms with Crippen LogP contribution in [0.5, 0.6) is 0 Å². The zero-order valence-corrected chi connectivity index (χ0v) is 13.2. The van der Waals surface area contributed by atoms with E-state index in [1.807, 2.05) is 0 Å². The molecule has 24 heavy (non-hydrogen) atoms. The van der Waals surface area contributed by atoms with Gasteiger partial charge in [-0.1, -0.05) is 25.3 Å². The molecule has 128 valence electrons.